The minimum atomic E-state index is -0.164. The zero-order valence-electron chi connectivity index (χ0n) is 11.8. The van der Waals surface area contributed by atoms with Crippen molar-refractivity contribution in [2.75, 3.05) is 6.61 Å². The summed E-state index contributed by atoms with van der Waals surface area (Å²) in [6, 6.07) is 3.54. The highest BCUT2D eigenvalue weighted by atomic mass is 16.2. The van der Waals surface area contributed by atoms with Gasteiger partial charge >= 0.3 is 0 Å². The molecular formula is C16H20N2O2. The Kier molecular flexibility index (Phi) is 4.75. The number of carbonyl (C=O) groups is 1. The SMILES string of the molecule is CC1(NC(=O)c2ncccc2C#CCCO)CCCC1. The summed E-state index contributed by atoms with van der Waals surface area (Å²) in [6.07, 6.45) is 6.33. The normalized spacial score (nSPS) is 16.3. The van der Waals surface area contributed by atoms with E-state index in [2.05, 4.69) is 29.1 Å². The quantitative estimate of drug-likeness (QED) is 0.826. The number of hydrogen-bond acceptors (Lipinski definition) is 3. The molecule has 0 saturated heterocycles. The second-order valence-electron chi connectivity index (χ2n) is 5.40. The van der Waals surface area contributed by atoms with Crippen LogP contribution in [-0.2, 0) is 0 Å². The number of nitrogens with zero attached hydrogens (tertiary/aromatic N) is 1. The van der Waals surface area contributed by atoms with Crippen molar-refractivity contribution in [3.63, 3.8) is 0 Å². The first-order valence-electron chi connectivity index (χ1n) is 7.02. The molecule has 1 fully saturated rings. The van der Waals surface area contributed by atoms with Gasteiger partial charge in [-0.25, -0.2) is 4.98 Å². The fourth-order valence-corrected chi connectivity index (χ4v) is 2.51. The highest BCUT2D eigenvalue weighted by Crippen LogP contribution is 2.29. The minimum absolute atomic E-state index is 0.0207. The van der Waals surface area contributed by atoms with Crippen LogP contribution in [0.4, 0.5) is 0 Å². The Labute approximate surface area is 119 Å². The monoisotopic (exact) mass is 272 g/mol. The number of pyridine rings is 1. The number of nitrogens with one attached hydrogen (secondary N) is 1. The van der Waals surface area contributed by atoms with Gasteiger partial charge in [0.05, 0.1) is 12.2 Å². The molecule has 20 heavy (non-hydrogen) atoms. The van der Waals surface area contributed by atoms with Crippen LogP contribution in [0, 0.1) is 11.8 Å². The molecule has 0 radical (unpaired) electrons. The standard InChI is InChI=1S/C16H20N2O2/c1-16(9-3-4-10-16)18-15(20)14-13(7-2-5-12-19)8-6-11-17-14/h6,8,11,19H,3-5,9-10,12H2,1H3,(H,18,20). The van der Waals surface area contributed by atoms with Gasteiger partial charge in [0.15, 0.2) is 0 Å². The highest BCUT2D eigenvalue weighted by Gasteiger charge is 2.31. The molecule has 0 bridgehead atoms. The molecule has 1 saturated carbocycles. The predicted octanol–water partition coefficient (Wildman–Crippen LogP) is 1.88. The van der Waals surface area contributed by atoms with Crippen molar-refractivity contribution in [1.29, 1.82) is 0 Å². The van der Waals surface area contributed by atoms with Crippen molar-refractivity contribution in [3.05, 3.63) is 29.6 Å². The molecule has 1 heterocycles. The van der Waals surface area contributed by atoms with E-state index in [1.54, 1.807) is 18.3 Å². The molecule has 0 unspecified atom stereocenters. The van der Waals surface area contributed by atoms with Crippen LogP contribution in [0.25, 0.3) is 0 Å². The maximum atomic E-state index is 12.4. The molecule has 1 aliphatic rings. The van der Waals surface area contributed by atoms with E-state index in [1.807, 2.05) is 0 Å². The van der Waals surface area contributed by atoms with Crippen LogP contribution in [0.3, 0.4) is 0 Å². The first-order valence-corrected chi connectivity index (χ1v) is 7.02. The predicted molar refractivity (Wildman–Crippen MR) is 77.2 cm³/mol. The number of aliphatic hydroxyl groups is 1. The van der Waals surface area contributed by atoms with E-state index in [0.29, 0.717) is 17.7 Å². The zero-order valence-corrected chi connectivity index (χ0v) is 11.8. The lowest BCUT2D eigenvalue weighted by atomic mass is 10.00. The van der Waals surface area contributed by atoms with E-state index in [4.69, 9.17) is 5.11 Å². The van der Waals surface area contributed by atoms with Gasteiger partial charge in [0.25, 0.3) is 5.91 Å². The fourth-order valence-electron chi connectivity index (χ4n) is 2.51. The Morgan fingerprint density at radius 3 is 2.95 bits per heavy atom. The van der Waals surface area contributed by atoms with Crippen molar-refractivity contribution in [2.45, 2.75) is 44.6 Å². The summed E-state index contributed by atoms with van der Waals surface area (Å²) < 4.78 is 0. The largest absolute Gasteiger partial charge is 0.395 e. The van der Waals surface area contributed by atoms with E-state index in [0.717, 1.165) is 25.7 Å². The average molecular weight is 272 g/mol. The first kappa shape index (κ1) is 14.5. The van der Waals surface area contributed by atoms with Gasteiger partial charge in [-0.2, -0.15) is 0 Å². The third kappa shape index (κ3) is 3.58. The van der Waals surface area contributed by atoms with Crippen LogP contribution in [0.15, 0.2) is 18.3 Å². The average Bonchev–Trinajstić information content (AvgIpc) is 2.86. The fraction of sp³-hybridized carbons (Fsp3) is 0.500. The molecule has 4 heteroatoms. The minimum Gasteiger partial charge on any atom is -0.395 e. The van der Waals surface area contributed by atoms with Crippen molar-refractivity contribution in [1.82, 2.24) is 10.3 Å². The lowest BCUT2D eigenvalue weighted by Crippen LogP contribution is -2.44. The molecule has 0 spiro atoms. The van der Waals surface area contributed by atoms with Gasteiger partial charge in [0.1, 0.15) is 5.69 Å². The lowest BCUT2D eigenvalue weighted by molar-refractivity contribution is 0.0902. The van der Waals surface area contributed by atoms with Gasteiger partial charge in [0, 0.05) is 18.2 Å². The highest BCUT2D eigenvalue weighted by molar-refractivity contribution is 5.95. The molecule has 1 aromatic heterocycles. The van der Waals surface area contributed by atoms with E-state index >= 15 is 0 Å². The maximum absolute atomic E-state index is 12.4. The molecule has 106 valence electrons. The number of aromatic nitrogens is 1. The maximum Gasteiger partial charge on any atom is 0.271 e. The van der Waals surface area contributed by atoms with E-state index in [9.17, 15) is 4.79 Å². The molecule has 1 aromatic rings. The Morgan fingerprint density at radius 2 is 2.25 bits per heavy atom. The summed E-state index contributed by atoms with van der Waals surface area (Å²) in [5, 5.41) is 11.8. The van der Waals surface area contributed by atoms with Gasteiger partial charge < -0.3 is 10.4 Å². The number of rotatable bonds is 3. The van der Waals surface area contributed by atoms with Crippen molar-refractivity contribution < 1.29 is 9.90 Å². The van der Waals surface area contributed by atoms with Crippen molar-refractivity contribution >= 4 is 5.91 Å². The van der Waals surface area contributed by atoms with Gasteiger partial charge in [-0.3, -0.25) is 4.79 Å². The molecule has 2 rings (SSSR count). The topological polar surface area (TPSA) is 62.2 Å². The lowest BCUT2D eigenvalue weighted by Gasteiger charge is -2.25. The van der Waals surface area contributed by atoms with Crippen molar-refractivity contribution in [2.24, 2.45) is 0 Å². The van der Waals surface area contributed by atoms with E-state index < -0.39 is 0 Å². The van der Waals surface area contributed by atoms with E-state index in [-0.39, 0.29) is 18.1 Å². The van der Waals surface area contributed by atoms with Crippen molar-refractivity contribution in [3.8, 4) is 11.8 Å². The van der Waals surface area contributed by atoms with Crippen LogP contribution < -0.4 is 5.32 Å². The molecule has 4 nitrogen and oxygen atoms in total. The summed E-state index contributed by atoms with van der Waals surface area (Å²) in [4.78, 5) is 16.5. The smallest absolute Gasteiger partial charge is 0.271 e. The van der Waals surface area contributed by atoms with Gasteiger partial charge in [-0.1, -0.05) is 24.7 Å². The Bertz CT molecular complexity index is 537. The summed E-state index contributed by atoms with van der Waals surface area (Å²) >= 11 is 0. The van der Waals surface area contributed by atoms with Gasteiger partial charge in [0.2, 0.25) is 0 Å². The molecule has 0 atom stereocenters. The van der Waals surface area contributed by atoms with E-state index in [1.165, 1.54) is 0 Å². The third-order valence-electron chi connectivity index (χ3n) is 3.61. The van der Waals surface area contributed by atoms with Crippen LogP contribution in [0.2, 0.25) is 0 Å². The third-order valence-corrected chi connectivity index (χ3v) is 3.61. The second-order valence-corrected chi connectivity index (χ2v) is 5.40. The Morgan fingerprint density at radius 1 is 1.50 bits per heavy atom. The number of aliphatic hydroxyl groups excluding tert-OH is 1. The zero-order chi connectivity index (χ0) is 14.4. The Hall–Kier alpha value is -1.86. The molecular weight excluding hydrogens is 252 g/mol. The van der Waals surface area contributed by atoms with Gasteiger partial charge in [-0.15, -0.1) is 0 Å². The van der Waals surface area contributed by atoms with Crippen LogP contribution in [0.1, 0.15) is 55.1 Å². The van der Waals surface area contributed by atoms with Crippen LogP contribution >= 0.6 is 0 Å². The molecule has 0 aromatic carbocycles. The number of hydrogen-bond donors (Lipinski definition) is 2. The summed E-state index contributed by atoms with van der Waals surface area (Å²) in [5.41, 5.74) is 0.857. The molecule has 0 aliphatic heterocycles. The first-order chi connectivity index (χ1) is 9.64. The molecule has 1 aliphatic carbocycles. The second kappa shape index (κ2) is 6.53. The summed E-state index contributed by atoms with van der Waals surface area (Å²) in [7, 11) is 0. The number of amides is 1. The van der Waals surface area contributed by atoms with Crippen LogP contribution in [0.5, 0.6) is 0 Å². The number of carbonyl (C=O) groups excluding carboxylic acids is 1. The summed E-state index contributed by atoms with van der Waals surface area (Å²) in [5.74, 6) is 5.57. The molecule has 2 N–H and O–H groups in total. The van der Waals surface area contributed by atoms with Gasteiger partial charge in [-0.05, 0) is 31.9 Å². The van der Waals surface area contributed by atoms with Crippen LogP contribution in [-0.4, -0.2) is 28.1 Å². The molecule has 1 amide bonds. The summed E-state index contributed by atoms with van der Waals surface area (Å²) in [6.45, 7) is 2.10. The Balaban J connectivity index is 2.15.